The van der Waals surface area contributed by atoms with Crippen molar-refractivity contribution in [2.75, 3.05) is 113 Å². The summed E-state index contributed by atoms with van der Waals surface area (Å²) >= 11 is 0. The van der Waals surface area contributed by atoms with Crippen molar-refractivity contribution in [3.8, 4) is 0 Å². The van der Waals surface area contributed by atoms with E-state index >= 15 is 0 Å². The number of nitrogens with two attached hydrogens (primary N) is 2. The van der Waals surface area contributed by atoms with E-state index in [1.165, 1.54) is 155 Å². The summed E-state index contributed by atoms with van der Waals surface area (Å²) in [7, 11) is 0. The summed E-state index contributed by atoms with van der Waals surface area (Å²) in [4.78, 5) is 29.1. The van der Waals surface area contributed by atoms with Gasteiger partial charge in [0.25, 0.3) is 0 Å². The lowest BCUT2D eigenvalue weighted by Crippen LogP contribution is -2.53. The lowest BCUT2D eigenvalue weighted by atomic mass is 9.49. The number of carbonyl (C=O) groups is 1. The van der Waals surface area contributed by atoms with Crippen LogP contribution in [0.15, 0.2) is 54.6 Å². The Morgan fingerprint density at radius 3 is 1.38 bits per heavy atom. The second kappa shape index (κ2) is 18.7. The number of piperidine rings is 3. The van der Waals surface area contributed by atoms with Gasteiger partial charge in [0, 0.05) is 143 Å². The van der Waals surface area contributed by atoms with Crippen LogP contribution < -0.4 is 31.5 Å². The molecule has 9 heterocycles. The predicted molar refractivity (Wildman–Crippen MR) is 289 cm³/mol. The number of rotatable bonds is 11. The van der Waals surface area contributed by atoms with Crippen LogP contribution in [0.1, 0.15) is 134 Å². The highest BCUT2D eigenvalue weighted by Gasteiger charge is 2.55. The van der Waals surface area contributed by atoms with Crippen molar-refractivity contribution >= 4 is 23.0 Å². The first-order valence-electron chi connectivity index (χ1n) is 28.5. The van der Waals surface area contributed by atoms with Crippen molar-refractivity contribution in [3.63, 3.8) is 0 Å². The molecule has 9 aliphatic heterocycles. The van der Waals surface area contributed by atoms with Gasteiger partial charge >= 0.3 is 0 Å². The van der Waals surface area contributed by atoms with Gasteiger partial charge in [-0.2, -0.15) is 0 Å². The normalized spacial score (nSPS) is 33.5. The second-order valence-electron chi connectivity index (χ2n) is 24.3. The molecular formula is C59H91N9O. The molecule has 10 heteroatoms. The molecule has 3 saturated heterocycles. The van der Waals surface area contributed by atoms with E-state index < -0.39 is 0 Å². The lowest BCUT2D eigenvalue weighted by Gasteiger charge is -2.55. The molecule has 4 bridgehead atoms. The van der Waals surface area contributed by atoms with Gasteiger partial charge in [-0.1, -0.05) is 54.6 Å². The number of fused-ring (bicyclic) bond motifs is 9. The standard InChI is InChI=1S/C28H39N3O.C16H23N3.C15H21N3.4H2/c32-27(28-15-19-12-20(16-28)14-21(13-19)17-28)29-8-1-2-9-30-10-7-25-24(18-30)23-5-3-4-22-6-11-31(25)26(22)23;17-7-2-8-18-9-6-15-14(11-18)13-4-1-3-12-5-10-19(15)16(12)13;16-6-9-17-7-5-14-13(10-17)12-3-1-2-11-4-8-18(14)15(11)12;;;;/h3-5,19-21,24-25H,1-2,6-18H2,(H,29,32);1,3-4,14-15H,2,5-11,17H2;1-3,13-14H,4-10,16H2;4*1H/t19?,20?,21?,24-,25-,28?;14-,15-;13-,14-;;;;/m111..../s1. The molecule has 13 aliphatic rings. The van der Waals surface area contributed by atoms with Gasteiger partial charge in [-0.3, -0.25) is 4.79 Å². The first-order valence-corrected chi connectivity index (χ1v) is 28.5. The zero-order chi connectivity index (χ0) is 46.2. The van der Waals surface area contributed by atoms with E-state index in [1.807, 2.05) is 0 Å². The number of benzene rings is 3. The topological polar surface area (TPSA) is 101 Å². The van der Waals surface area contributed by atoms with Crippen LogP contribution in [0, 0.1) is 23.2 Å². The molecule has 7 fully saturated rings. The van der Waals surface area contributed by atoms with E-state index in [-0.39, 0.29) is 11.1 Å². The fourth-order valence-electron chi connectivity index (χ4n) is 17.8. The van der Waals surface area contributed by atoms with Crippen LogP contribution in [0.5, 0.6) is 0 Å². The van der Waals surface area contributed by atoms with Crippen LogP contribution in [0.3, 0.4) is 0 Å². The Hall–Kier alpha value is -3.67. The first-order chi connectivity index (χ1) is 33.9. The number of para-hydroxylation sites is 3. The number of carbonyl (C=O) groups excluding carboxylic acids is 1. The third-order valence-corrected chi connectivity index (χ3v) is 20.4. The number of likely N-dealkylation sites (tertiary alicyclic amines) is 3. The van der Waals surface area contributed by atoms with E-state index in [0.29, 0.717) is 11.8 Å². The summed E-state index contributed by atoms with van der Waals surface area (Å²) in [6.45, 7) is 17.0. The van der Waals surface area contributed by atoms with E-state index in [9.17, 15) is 4.79 Å². The molecule has 0 radical (unpaired) electrons. The largest absolute Gasteiger partial charge is 0.367 e. The number of hydrogen-bond donors (Lipinski definition) is 3. The number of anilines is 3. The molecule has 4 aliphatic carbocycles. The molecule has 3 aromatic rings. The van der Waals surface area contributed by atoms with Gasteiger partial charge in [0.2, 0.25) is 5.91 Å². The molecule has 69 heavy (non-hydrogen) atoms. The molecule has 0 spiro atoms. The summed E-state index contributed by atoms with van der Waals surface area (Å²) in [6.07, 6.45) is 18.9. The fraction of sp³-hybridized carbons (Fsp3) is 0.678. The van der Waals surface area contributed by atoms with Crippen LogP contribution in [-0.4, -0.2) is 137 Å². The van der Waals surface area contributed by atoms with Gasteiger partial charge in [0.05, 0.1) is 0 Å². The first kappa shape index (κ1) is 45.2. The van der Waals surface area contributed by atoms with Gasteiger partial charge in [0.1, 0.15) is 0 Å². The van der Waals surface area contributed by atoms with Gasteiger partial charge in [-0.05, 0) is 167 Å². The maximum absolute atomic E-state index is 13.1. The molecule has 6 atom stereocenters. The SMILES string of the molecule is NCCCN1CC[C@@H]2[C@H](C1)c1cccc3c1N2CC3.NCCN1CC[C@@H]2[C@H](C1)c1cccc3c1N2CC3.O=C(NCCCCN1CC[C@@H]2[C@H](C1)c1cccc3c1N2CC3)C12CC3CC(CC(C3)C1)C2.[HH].[HH].[HH].[HH]. The Morgan fingerprint density at radius 2 is 0.957 bits per heavy atom. The number of nitrogens with zero attached hydrogens (tertiary/aromatic N) is 6. The van der Waals surface area contributed by atoms with Crippen LogP contribution in [-0.2, 0) is 24.1 Å². The average molecular weight is 942 g/mol. The van der Waals surface area contributed by atoms with Crippen molar-refractivity contribution < 1.29 is 10.5 Å². The molecule has 1 amide bonds. The Labute approximate surface area is 419 Å². The van der Waals surface area contributed by atoms with E-state index in [4.69, 9.17) is 11.5 Å². The minimum absolute atomic E-state index is 0. The van der Waals surface area contributed by atoms with Crippen molar-refractivity contribution in [2.24, 2.45) is 34.6 Å². The third-order valence-electron chi connectivity index (χ3n) is 20.4. The summed E-state index contributed by atoms with van der Waals surface area (Å²) in [5, 5.41) is 3.38. The lowest BCUT2D eigenvalue weighted by molar-refractivity contribution is -0.146. The number of amides is 1. The van der Waals surface area contributed by atoms with Gasteiger partial charge < -0.3 is 46.2 Å². The average Bonchev–Trinajstić information content (AvgIpc) is 4.24. The van der Waals surface area contributed by atoms with Crippen molar-refractivity contribution in [1.29, 1.82) is 0 Å². The zero-order valence-corrected chi connectivity index (χ0v) is 41.9. The van der Waals surface area contributed by atoms with Crippen LogP contribution in [0.2, 0.25) is 0 Å². The van der Waals surface area contributed by atoms with Gasteiger partial charge in [-0.25, -0.2) is 0 Å². The number of unbranched alkanes of at least 4 members (excludes halogenated alkanes) is 1. The third kappa shape index (κ3) is 8.04. The van der Waals surface area contributed by atoms with Crippen molar-refractivity contribution in [1.82, 2.24) is 20.0 Å². The minimum atomic E-state index is 0. The smallest absolute Gasteiger partial charge is 0.226 e. The maximum Gasteiger partial charge on any atom is 0.226 e. The fourth-order valence-corrected chi connectivity index (χ4v) is 17.8. The predicted octanol–water partition coefficient (Wildman–Crippen LogP) is 8.07. The molecular weight excluding hydrogens is 851 g/mol. The highest BCUT2D eigenvalue weighted by atomic mass is 16.2. The molecule has 378 valence electrons. The molecule has 3 aromatic carbocycles. The van der Waals surface area contributed by atoms with Crippen LogP contribution in [0.25, 0.3) is 0 Å². The second-order valence-corrected chi connectivity index (χ2v) is 24.3. The molecule has 10 nitrogen and oxygen atoms in total. The molecule has 5 N–H and O–H groups in total. The molecule has 4 saturated carbocycles. The van der Waals surface area contributed by atoms with Crippen LogP contribution in [0.4, 0.5) is 17.1 Å². The summed E-state index contributed by atoms with van der Waals surface area (Å²) in [6, 6.07) is 23.2. The Balaban J connectivity index is 0.000000139. The monoisotopic (exact) mass is 942 g/mol. The molecule has 16 rings (SSSR count). The maximum atomic E-state index is 13.1. The zero-order valence-electron chi connectivity index (χ0n) is 41.9. The number of hydrogen-bond acceptors (Lipinski definition) is 9. The van der Waals surface area contributed by atoms with Gasteiger partial charge in [0.15, 0.2) is 0 Å². The summed E-state index contributed by atoms with van der Waals surface area (Å²) in [5.41, 5.74) is 25.7. The van der Waals surface area contributed by atoms with Crippen LogP contribution >= 0.6 is 0 Å². The Kier molecular flexibility index (Phi) is 12.3. The minimum Gasteiger partial charge on any atom is -0.367 e. The number of nitrogens with one attached hydrogen (secondary N) is 1. The molecule has 0 aromatic heterocycles. The van der Waals surface area contributed by atoms with E-state index in [2.05, 4.69) is 89.3 Å². The highest BCUT2D eigenvalue weighted by Crippen LogP contribution is 2.60. The quantitative estimate of drug-likeness (QED) is 0.165. The summed E-state index contributed by atoms with van der Waals surface area (Å²) in [5.74, 6) is 5.12. The van der Waals surface area contributed by atoms with Gasteiger partial charge in [-0.15, -0.1) is 0 Å². The summed E-state index contributed by atoms with van der Waals surface area (Å²) < 4.78 is 0. The van der Waals surface area contributed by atoms with E-state index in [0.717, 1.165) is 86.7 Å². The Morgan fingerprint density at radius 1 is 0.536 bits per heavy atom. The van der Waals surface area contributed by atoms with Crippen molar-refractivity contribution in [3.05, 3.63) is 88.0 Å². The van der Waals surface area contributed by atoms with E-state index in [1.54, 1.807) is 50.4 Å². The van der Waals surface area contributed by atoms with Crippen molar-refractivity contribution in [2.45, 2.75) is 132 Å². The Bertz CT molecular complexity index is 2350. The molecule has 0 unspecified atom stereocenters. The highest BCUT2D eigenvalue weighted by molar-refractivity contribution is 5.83.